The van der Waals surface area contributed by atoms with Gasteiger partial charge in [-0.3, -0.25) is 14.5 Å². The molecule has 3 atom stereocenters. The number of hydrogen-bond acceptors (Lipinski definition) is 3. The average Bonchev–Trinajstić information content (AvgIpc) is 2.88. The lowest BCUT2D eigenvalue weighted by atomic mass is 9.73. The van der Waals surface area contributed by atoms with Crippen molar-refractivity contribution in [3.63, 3.8) is 0 Å². The van der Waals surface area contributed by atoms with Crippen molar-refractivity contribution >= 4 is 29.4 Å². The molecule has 3 unspecified atom stereocenters. The Labute approximate surface area is 164 Å². The highest BCUT2D eigenvalue weighted by atomic mass is 35.5. The molecular formula is C20H26ClN3O3. The minimum atomic E-state index is -0.837. The minimum absolute atomic E-state index is 0.0771. The zero-order valence-corrected chi connectivity index (χ0v) is 16.5. The zero-order chi connectivity index (χ0) is 19.6. The normalized spacial score (nSPS) is 26.2. The molecule has 1 spiro atoms. The Morgan fingerprint density at radius 1 is 1.33 bits per heavy atom. The lowest BCUT2D eigenvalue weighted by Crippen LogP contribution is -2.54. The van der Waals surface area contributed by atoms with Crippen molar-refractivity contribution < 1.29 is 14.4 Å². The molecule has 3 rings (SSSR count). The van der Waals surface area contributed by atoms with Gasteiger partial charge in [-0.1, -0.05) is 50.4 Å². The van der Waals surface area contributed by atoms with E-state index in [2.05, 4.69) is 10.6 Å². The number of halogens is 1. The Morgan fingerprint density at radius 3 is 2.67 bits per heavy atom. The van der Waals surface area contributed by atoms with Gasteiger partial charge in [0.05, 0.1) is 6.04 Å². The first-order valence-electron chi connectivity index (χ1n) is 9.56. The topological polar surface area (TPSA) is 78.5 Å². The van der Waals surface area contributed by atoms with Crippen LogP contribution in [0.4, 0.5) is 4.79 Å². The molecule has 1 saturated heterocycles. The molecule has 2 fully saturated rings. The molecule has 0 bridgehead atoms. The lowest BCUT2D eigenvalue weighted by Gasteiger charge is -2.36. The molecule has 7 heteroatoms. The summed E-state index contributed by atoms with van der Waals surface area (Å²) in [7, 11) is 0. The smallest absolute Gasteiger partial charge is 0.325 e. The molecule has 0 radical (unpaired) electrons. The van der Waals surface area contributed by atoms with E-state index < -0.39 is 11.6 Å². The number of hydrogen-bond donors (Lipinski definition) is 2. The Hall–Kier alpha value is -2.08. The van der Waals surface area contributed by atoms with Crippen LogP contribution in [0.3, 0.4) is 0 Å². The number of rotatable bonds is 5. The standard InChI is InChI=1S/C20H26ClN3O3/c1-3-16(14-7-9-15(21)10-8-14)22-17(25)12-24-18(26)20(23-19(24)27)11-5-4-6-13(20)2/h7-10,13,16H,3-6,11-12H2,1-2H3,(H,22,25)(H,23,27). The van der Waals surface area contributed by atoms with Crippen LogP contribution in [0.15, 0.2) is 24.3 Å². The van der Waals surface area contributed by atoms with Crippen molar-refractivity contribution in [2.45, 2.75) is 57.5 Å². The monoisotopic (exact) mass is 391 g/mol. The molecule has 27 heavy (non-hydrogen) atoms. The summed E-state index contributed by atoms with van der Waals surface area (Å²) in [6.07, 6.45) is 4.20. The Bertz CT molecular complexity index is 736. The Morgan fingerprint density at radius 2 is 2.04 bits per heavy atom. The van der Waals surface area contributed by atoms with Crippen molar-refractivity contribution in [2.24, 2.45) is 5.92 Å². The van der Waals surface area contributed by atoms with E-state index in [1.807, 2.05) is 26.0 Å². The number of carbonyl (C=O) groups is 3. The van der Waals surface area contributed by atoms with Crippen LogP contribution in [-0.2, 0) is 9.59 Å². The number of carbonyl (C=O) groups excluding carboxylic acids is 3. The largest absolute Gasteiger partial charge is 0.348 e. The van der Waals surface area contributed by atoms with E-state index in [9.17, 15) is 14.4 Å². The Kier molecular flexibility index (Phi) is 5.75. The molecule has 0 aromatic heterocycles. The second-order valence-corrected chi connectivity index (χ2v) is 7.96. The molecule has 1 aliphatic carbocycles. The maximum absolute atomic E-state index is 12.9. The van der Waals surface area contributed by atoms with E-state index in [1.54, 1.807) is 12.1 Å². The van der Waals surface area contributed by atoms with E-state index in [4.69, 9.17) is 11.6 Å². The summed E-state index contributed by atoms with van der Waals surface area (Å²) in [5, 5.41) is 6.42. The molecule has 1 heterocycles. The summed E-state index contributed by atoms with van der Waals surface area (Å²) in [5.41, 5.74) is 0.0977. The van der Waals surface area contributed by atoms with Crippen LogP contribution in [-0.4, -0.2) is 34.8 Å². The molecule has 6 nitrogen and oxygen atoms in total. The van der Waals surface area contributed by atoms with Gasteiger partial charge in [-0.05, 0) is 42.9 Å². The molecule has 1 saturated carbocycles. The maximum Gasteiger partial charge on any atom is 0.325 e. The second-order valence-electron chi connectivity index (χ2n) is 7.52. The first-order chi connectivity index (χ1) is 12.9. The van der Waals surface area contributed by atoms with Crippen LogP contribution in [0.2, 0.25) is 5.02 Å². The maximum atomic E-state index is 12.9. The second kappa shape index (κ2) is 7.89. The van der Waals surface area contributed by atoms with Crippen LogP contribution in [0, 0.1) is 5.92 Å². The molecule has 146 valence electrons. The minimum Gasteiger partial charge on any atom is -0.348 e. The quantitative estimate of drug-likeness (QED) is 0.755. The number of imide groups is 1. The fourth-order valence-corrected chi connectivity index (χ4v) is 4.26. The lowest BCUT2D eigenvalue weighted by molar-refractivity contribution is -0.137. The molecule has 2 aliphatic rings. The molecule has 1 aromatic rings. The summed E-state index contributed by atoms with van der Waals surface area (Å²) in [6.45, 7) is 3.70. The molecule has 1 aliphatic heterocycles. The van der Waals surface area contributed by atoms with E-state index in [-0.39, 0.29) is 30.3 Å². The van der Waals surface area contributed by atoms with E-state index >= 15 is 0 Å². The number of amides is 4. The molecule has 1 aromatic carbocycles. The van der Waals surface area contributed by atoms with Gasteiger partial charge in [-0.2, -0.15) is 0 Å². The van der Waals surface area contributed by atoms with Crippen molar-refractivity contribution in [3.8, 4) is 0 Å². The fourth-order valence-electron chi connectivity index (χ4n) is 4.14. The fraction of sp³-hybridized carbons (Fsp3) is 0.550. The zero-order valence-electron chi connectivity index (χ0n) is 15.8. The van der Waals surface area contributed by atoms with Gasteiger partial charge in [0.15, 0.2) is 0 Å². The molecular weight excluding hydrogens is 366 g/mol. The van der Waals surface area contributed by atoms with Crippen LogP contribution in [0.1, 0.15) is 57.6 Å². The third-order valence-electron chi connectivity index (χ3n) is 5.82. The highest BCUT2D eigenvalue weighted by Crippen LogP contribution is 2.38. The van der Waals surface area contributed by atoms with Gasteiger partial charge in [0.2, 0.25) is 5.91 Å². The van der Waals surface area contributed by atoms with Gasteiger partial charge < -0.3 is 10.6 Å². The van der Waals surface area contributed by atoms with E-state index in [1.165, 1.54) is 0 Å². The summed E-state index contributed by atoms with van der Waals surface area (Å²) in [4.78, 5) is 39.0. The number of urea groups is 1. The SMILES string of the molecule is CCC(NC(=O)CN1C(=O)NC2(CCCCC2C)C1=O)c1ccc(Cl)cc1. The van der Waals surface area contributed by atoms with Gasteiger partial charge in [-0.15, -0.1) is 0 Å². The van der Waals surface area contributed by atoms with E-state index in [0.717, 1.165) is 29.7 Å². The van der Waals surface area contributed by atoms with Gasteiger partial charge in [-0.25, -0.2) is 4.79 Å². The van der Waals surface area contributed by atoms with Crippen LogP contribution < -0.4 is 10.6 Å². The van der Waals surface area contributed by atoms with Gasteiger partial charge in [0, 0.05) is 5.02 Å². The van der Waals surface area contributed by atoms with Crippen molar-refractivity contribution in [1.82, 2.24) is 15.5 Å². The van der Waals surface area contributed by atoms with Gasteiger partial charge in [0.1, 0.15) is 12.1 Å². The van der Waals surface area contributed by atoms with E-state index in [0.29, 0.717) is 17.9 Å². The highest BCUT2D eigenvalue weighted by Gasteiger charge is 2.55. The number of nitrogens with one attached hydrogen (secondary N) is 2. The third kappa shape index (κ3) is 3.81. The first-order valence-corrected chi connectivity index (χ1v) is 9.94. The predicted octanol–water partition coefficient (Wildman–Crippen LogP) is 3.41. The summed E-state index contributed by atoms with van der Waals surface area (Å²) in [5.74, 6) is -0.538. The van der Waals surface area contributed by atoms with Crippen LogP contribution >= 0.6 is 11.6 Å². The van der Waals surface area contributed by atoms with Gasteiger partial charge in [0.25, 0.3) is 5.91 Å². The third-order valence-corrected chi connectivity index (χ3v) is 6.07. The molecule has 2 N–H and O–H groups in total. The summed E-state index contributed by atoms with van der Waals surface area (Å²) >= 11 is 5.92. The van der Waals surface area contributed by atoms with Crippen molar-refractivity contribution in [1.29, 1.82) is 0 Å². The van der Waals surface area contributed by atoms with Gasteiger partial charge >= 0.3 is 6.03 Å². The summed E-state index contributed by atoms with van der Waals surface area (Å²) in [6, 6.07) is 6.61. The highest BCUT2D eigenvalue weighted by molar-refractivity contribution is 6.30. The van der Waals surface area contributed by atoms with Crippen molar-refractivity contribution in [3.05, 3.63) is 34.9 Å². The predicted molar refractivity (Wildman–Crippen MR) is 103 cm³/mol. The number of benzene rings is 1. The molecule has 4 amide bonds. The van der Waals surface area contributed by atoms with Crippen LogP contribution in [0.25, 0.3) is 0 Å². The average molecular weight is 392 g/mol. The van der Waals surface area contributed by atoms with Crippen LogP contribution in [0.5, 0.6) is 0 Å². The number of nitrogens with zero attached hydrogens (tertiary/aromatic N) is 1. The first kappa shape index (κ1) is 19.7. The Balaban J connectivity index is 1.67. The van der Waals surface area contributed by atoms with Crippen molar-refractivity contribution in [2.75, 3.05) is 6.54 Å². The summed E-state index contributed by atoms with van der Waals surface area (Å²) < 4.78 is 0.